The van der Waals surface area contributed by atoms with Gasteiger partial charge < -0.3 is 13.7 Å². The van der Waals surface area contributed by atoms with Crippen LogP contribution in [0.2, 0.25) is 0 Å². The second-order valence-electron chi connectivity index (χ2n) is 7.09. The van der Waals surface area contributed by atoms with Crippen LogP contribution in [0.1, 0.15) is 27.4 Å². The van der Waals surface area contributed by atoms with Crippen LogP contribution in [0, 0.1) is 6.92 Å². The number of para-hydroxylation sites is 1. The number of pyridine rings is 1. The van der Waals surface area contributed by atoms with Crippen LogP contribution >= 0.6 is 0 Å². The van der Waals surface area contributed by atoms with Crippen LogP contribution in [-0.2, 0) is 6.61 Å². The number of carbonyl (C=O) groups excluding carboxylic acids is 1. The van der Waals surface area contributed by atoms with E-state index in [1.165, 1.54) is 0 Å². The maximum atomic E-state index is 13.3. The van der Waals surface area contributed by atoms with Gasteiger partial charge in [-0.05, 0) is 25.1 Å². The van der Waals surface area contributed by atoms with E-state index < -0.39 is 0 Å². The lowest BCUT2D eigenvalue weighted by Gasteiger charge is -2.06. The Bertz CT molecular complexity index is 1350. The number of fused-ring (bicyclic) bond motifs is 1. The van der Waals surface area contributed by atoms with Crippen molar-refractivity contribution in [2.75, 3.05) is 0 Å². The Labute approximate surface area is 178 Å². The topological polar surface area (TPSA) is 78.4 Å². The monoisotopic (exact) mass is 410 g/mol. The quantitative estimate of drug-likeness (QED) is 0.339. The molecule has 0 radical (unpaired) electrons. The summed E-state index contributed by atoms with van der Waals surface area (Å²) in [5.41, 5.74) is 3.15. The Hall–Kier alpha value is -4.19. The molecule has 3 aromatic heterocycles. The van der Waals surface area contributed by atoms with Crippen molar-refractivity contribution in [1.82, 2.24) is 10.1 Å². The molecular formula is C25H18N2O4. The van der Waals surface area contributed by atoms with Crippen molar-refractivity contribution < 1.29 is 18.5 Å². The van der Waals surface area contributed by atoms with Gasteiger partial charge in [0.2, 0.25) is 5.78 Å². The van der Waals surface area contributed by atoms with E-state index >= 15 is 0 Å². The van der Waals surface area contributed by atoms with Gasteiger partial charge in [-0.25, -0.2) is 0 Å². The van der Waals surface area contributed by atoms with Gasteiger partial charge in [0, 0.05) is 28.9 Å². The van der Waals surface area contributed by atoms with E-state index in [1.54, 1.807) is 25.4 Å². The maximum absolute atomic E-state index is 13.3. The van der Waals surface area contributed by atoms with E-state index in [9.17, 15) is 4.79 Å². The number of benzene rings is 2. The van der Waals surface area contributed by atoms with E-state index in [0.717, 1.165) is 16.5 Å². The van der Waals surface area contributed by atoms with Crippen LogP contribution in [-0.4, -0.2) is 15.9 Å². The Kier molecular flexibility index (Phi) is 4.80. The zero-order valence-electron chi connectivity index (χ0n) is 16.7. The molecule has 0 N–H and O–H groups in total. The third-order valence-corrected chi connectivity index (χ3v) is 4.99. The first kappa shape index (κ1) is 18.8. The summed E-state index contributed by atoms with van der Waals surface area (Å²) in [5.74, 6) is 0.922. The second kappa shape index (κ2) is 7.91. The van der Waals surface area contributed by atoms with Crippen molar-refractivity contribution in [3.63, 3.8) is 0 Å². The molecule has 0 saturated heterocycles. The normalized spacial score (nSPS) is 11.0. The molecule has 0 spiro atoms. The summed E-state index contributed by atoms with van der Waals surface area (Å²) in [5, 5.41) is 4.88. The van der Waals surface area contributed by atoms with Gasteiger partial charge in [-0.1, -0.05) is 53.7 Å². The Morgan fingerprint density at radius 2 is 1.90 bits per heavy atom. The van der Waals surface area contributed by atoms with Gasteiger partial charge in [0.15, 0.2) is 17.1 Å². The Morgan fingerprint density at radius 3 is 2.71 bits per heavy atom. The van der Waals surface area contributed by atoms with Crippen LogP contribution < -0.4 is 4.74 Å². The van der Waals surface area contributed by atoms with Crippen molar-refractivity contribution in [1.29, 1.82) is 0 Å². The van der Waals surface area contributed by atoms with Gasteiger partial charge in [-0.15, -0.1) is 0 Å². The predicted molar refractivity (Wildman–Crippen MR) is 115 cm³/mol. The standard InChI is InChI=1S/C25H18N2O4/c1-16-22(23(27-31-16)18-8-3-2-4-9-18)24(28)21-13-19-10-5-11-20(25(19)30-21)29-15-17-7-6-12-26-14-17/h2-14H,15H2,1H3. The average molecular weight is 410 g/mol. The molecule has 6 nitrogen and oxygen atoms in total. The lowest BCUT2D eigenvalue weighted by atomic mass is 10.0. The molecule has 0 aliphatic carbocycles. The molecular weight excluding hydrogens is 392 g/mol. The predicted octanol–water partition coefficient (Wildman–Crippen LogP) is 5.60. The van der Waals surface area contributed by atoms with Crippen LogP contribution in [0.15, 0.2) is 88.1 Å². The Balaban J connectivity index is 1.49. The van der Waals surface area contributed by atoms with E-state index in [0.29, 0.717) is 35.0 Å². The number of rotatable bonds is 6. The van der Waals surface area contributed by atoms with Gasteiger partial charge in [-0.2, -0.15) is 0 Å². The van der Waals surface area contributed by atoms with Gasteiger partial charge in [0.25, 0.3) is 0 Å². The van der Waals surface area contributed by atoms with Crippen LogP contribution in [0.3, 0.4) is 0 Å². The number of furan rings is 1. The Morgan fingerprint density at radius 1 is 1.03 bits per heavy atom. The molecule has 2 aromatic carbocycles. The van der Waals surface area contributed by atoms with E-state index in [2.05, 4.69) is 10.1 Å². The fourth-order valence-electron chi connectivity index (χ4n) is 3.46. The molecule has 3 heterocycles. The highest BCUT2D eigenvalue weighted by molar-refractivity contribution is 6.13. The van der Waals surface area contributed by atoms with Gasteiger partial charge >= 0.3 is 0 Å². The minimum Gasteiger partial charge on any atom is -0.485 e. The molecule has 0 saturated carbocycles. The average Bonchev–Trinajstić information content (AvgIpc) is 3.42. The molecule has 5 aromatic rings. The summed E-state index contributed by atoms with van der Waals surface area (Å²) >= 11 is 0. The number of ether oxygens (including phenoxy) is 1. The van der Waals surface area contributed by atoms with Crippen molar-refractivity contribution in [3.05, 3.63) is 102 Å². The summed E-state index contributed by atoms with van der Waals surface area (Å²) < 4.78 is 17.2. The van der Waals surface area contributed by atoms with Gasteiger partial charge in [-0.3, -0.25) is 9.78 Å². The zero-order chi connectivity index (χ0) is 21.2. The van der Waals surface area contributed by atoms with Gasteiger partial charge in [0.05, 0.1) is 5.56 Å². The van der Waals surface area contributed by atoms with Crippen molar-refractivity contribution in [2.45, 2.75) is 13.5 Å². The number of aryl methyl sites for hydroxylation is 1. The minimum atomic E-state index is -0.285. The lowest BCUT2D eigenvalue weighted by Crippen LogP contribution is -2.02. The molecule has 0 aliphatic rings. The summed E-state index contributed by atoms with van der Waals surface area (Å²) in [4.78, 5) is 17.4. The summed E-state index contributed by atoms with van der Waals surface area (Å²) in [6.07, 6.45) is 3.46. The van der Waals surface area contributed by atoms with Crippen molar-refractivity contribution >= 4 is 16.8 Å². The fourth-order valence-corrected chi connectivity index (χ4v) is 3.46. The van der Waals surface area contributed by atoms with Crippen LogP contribution in [0.25, 0.3) is 22.2 Å². The summed E-state index contributed by atoms with van der Waals surface area (Å²) in [6.45, 7) is 2.07. The first-order valence-electron chi connectivity index (χ1n) is 9.81. The summed E-state index contributed by atoms with van der Waals surface area (Å²) in [6, 6.07) is 20.5. The number of carbonyl (C=O) groups is 1. The first-order chi connectivity index (χ1) is 15.2. The third-order valence-electron chi connectivity index (χ3n) is 4.99. The van der Waals surface area contributed by atoms with E-state index in [-0.39, 0.29) is 11.5 Å². The highest BCUT2D eigenvalue weighted by atomic mass is 16.5. The molecule has 5 rings (SSSR count). The maximum Gasteiger partial charge on any atom is 0.234 e. The fraction of sp³-hybridized carbons (Fsp3) is 0.0800. The molecule has 0 amide bonds. The van der Waals surface area contributed by atoms with Crippen molar-refractivity contribution in [3.8, 4) is 17.0 Å². The second-order valence-corrected chi connectivity index (χ2v) is 7.09. The number of hydrogen-bond acceptors (Lipinski definition) is 6. The molecule has 6 heteroatoms. The molecule has 0 unspecified atom stereocenters. The number of ketones is 1. The van der Waals surface area contributed by atoms with Crippen LogP contribution in [0.5, 0.6) is 5.75 Å². The summed E-state index contributed by atoms with van der Waals surface area (Å²) in [7, 11) is 0. The largest absolute Gasteiger partial charge is 0.485 e. The zero-order valence-corrected chi connectivity index (χ0v) is 16.7. The number of hydrogen-bond donors (Lipinski definition) is 0. The molecule has 31 heavy (non-hydrogen) atoms. The minimum absolute atomic E-state index is 0.205. The lowest BCUT2D eigenvalue weighted by molar-refractivity contribution is 0.101. The highest BCUT2D eigenvalue weighted by Crippen LogP contribution is 2.33. The smallest absolute Gasteiger partial charge is 0.234 e. The number of aromatic nitrogens is 2. The van der Waals surface area contributed by atoms with E-state index in [4.69, 9.17) is 13.7 Å². The SMILES string of the molecule is Cc1onc(-c2ccccc2)c1C(=O)c1cc2cccc(OCc3cccnc3)c2o1. The molecule has 0 bridgehead atoms. The number of nitrogens with zero attached hydrogens (tertiary/aromatic N) is 2. The third kappa shape index (κ3) is 3.59. The van der Waals surface area contributed by atoms with Crippen molar-refractivity contribution in [2.24, 2.45) is 0 Å². The van der Waals surface area contributed by atoms with Crippen LogP contribution in [0.4, 0.5) is 0 Å². The highest BCUT2D eigenvalue weighted by Gasteiger charge is 2.26. The molecule has 0 aliphatic heterocycles. The molecule has 0 fully saturated rings. The first-order valence-corrected chi connectivity index (χ1v) is 9.81. The van der Waals surface area contributed by atoms with E-state index in [1.807, 2.05) is 60.7 Å². The molecule has 0 atom stereocenters. The van der Waals surface area contributed by atoms with Gasteiger partial charge in [0.1, 0.15) is 18.1 Å². The molecule has 152 valence electrons.